The highest BCUT2D eigenvalue weighted by Gasteiger charge is 2.22. The van der Waals surface area contributed by atoms with E-state index in [1.54, 1.807) is 18.4 Å². The molecule has 2 aromatic rings. The van der Waals surface area contributed by atoms with Gasteiger partial charge in [-0.3, -0.25) is 4.79 Å². The van der Waals surface area contributed by atoms with Gasteiger partial charge >= 0.3 is 0 Å². The van der Waals surface area contributed by atoms with E-state index in [1.807, 2.05) is 18.2 Å². The highest BCUT2D eigenvalue weighted by atomic mass is 32.1. The van der Waals surface area contributed by atoms with Crippen molar-refractivity contribution in [1.29, 1.82) is 0 Å². The van der Waals surface area contributed by atoms with Crippen molar-refractivity contribution in [2.24, 2.45) is 0 Å². The van der Waals surface area contributed by atoms with Gasteiger partial charge in [-0.2, -0.15) is 0 Å². The van der Waals surface area contributed by atoms with Crippen molar-refractivity contribution in [3.63, 3.8) is 0 Å². The lowest BCUT2D eigenvalue weighted by atomic mass is 10.1. The minimum absolute atomic E-state index is 0.0584. The summed E-state index contributed by atoms with van der Waals surface area (Å²) < 4.78 is 6.29. The molecule has 19 heavy (non-hydrogen) atoms. The number of hydrogen-bond acceptors (Lipinski definition) is 5. The topological polar surface area (TPSA) is 63.2 Å². The van der Waals surface area contributed by atoms with Crippen molar-refractivity contribution in [3.05, 3.63) is 23.2 Å². The third-order valence-corrected chi connectivity index (χ3v) is 4.19. The molecule has 0 radical (unpaired) electrons. The summed E-state index contributed by atoms with van der Waals surface area (Å²) in [6, 6.07) is 5.65. The van der Waals surface area contributed by atoms with Gasteiger partial charge < -0.3 is 15.4 Å². The monoisotopic (exact) mass is 277 g/mol. The van der Waals surface area contributed by atoms with E-state index in [0.29, 0.717) is 13.0 Å². The molecule has 6 heteroatoms. The van der Waals surface area contributed by atoms with E-state index in [9.17, 15) is 4.79 Å². The second kappa shape index (κ2) is 5.14. The van der Waals surface area contributed by atoms with Crippen LogP contribution in [0.15, 0.2) is 18.2 Å². The quantitative estimate of drug-likeness (QED) is 0.876. The normalized spacial score (nSPS) is 19.4. The molecule has 1 atom stereocenters. The van der Waals surface area contributed by atoms with Gasteiger partial charge in [0.1, 0.15) is 5.75 Å². The predicted molar refractivity (Wildman–Crippen MR) is 74.7 cm³/mol. The van der Waals surface area contributed by atoms with Crippen LogP contribution < -0.4 is 15.4 Å². The first-order chi connectivity index (χ1) is 9.26. The first-order valence-corrected chi connectivity index (χ1v) is 7.02. The van der Waals surface area contributed by atoms with Crippen LogP contribution in [-0.4, -0.2) is 37.1 Å². The number of nitrogens with one attached hydrogen (secondary N) is 2. The van der Waals surface area contributed by atoms with E-state index in [4.69, 9.17) is 4.74 Å². The molecule has 3 rings (SSSR count). The molecular formula is C13H15N3O2S. The summed E-state index contributed by atoms with van der Waals surface area (Å²) in [5.74, 6) is 0.888. The van der Waals surface area contributed by atoms with Crippen molar-refractivity contribution < 1.29 is 9.53 Å². The van der Waals surface area contributed by atoms with Gasteiger partial charge in [-0.1, -0.05) is 0 Å². The van der Waals surface area contributed by atoms with Crippen molar-refractivity contribution in [3.8, 4) is 5.75 Å². The molecule has 1 aliphatic heterocycles. The maximum absolute atomic E-state index is 11.7. The number of thiazole rings is 1. The highest BCUT2D eigenvalue weighted by molar-refractivity contribution is 7.18. The molecule has 1 saturated heterocycles. The summed E-state index contributed by atoms with van der Waals surface area (Å²) in [5, 5.41) is 7.04. The minimum atomic E-state index is -0.170. The van der Waals surface area contributed by atoms with E-state index >= 15 is 0 Å². The molecule has 0 bridgehead atoms. The largest absolute Gasteiger partial charge is 0.497 e. The van der Waals surface area contributed by atoms with E-state index in [0.717, 1.165) is 27.5 Å². The number of ether oxygens (including phenoxy) is 1. The number of fused-ring (bicyclic) bond motifs is 1. The average molecular weight is 277 g/mol. The number of piperazine rings is 1. The minimum Gasteiger partial charge on any atom is -0.497 e. The Balaban J connectivity index is 1.82. The number of aromatic nitrogens is 1. The van der Waals surface area contributed by atoms with Crippen LogP contribution in [0.2, 0.25) is 0 Å². The summed E-state index contributed by atoms with van der Waals surface area (Å²) in [7, 11) is 1.65. The Labute approximate surface area is 115 Å². The number of rotatable bonds is 3. The summed E-state index contributed by atoms with van der Waals surface area (Å²) in [5.41, 5.74) is 0.956. The Hall–Kier alpha value is -1.66. The van der Waals surface area contributed by atoms with Gasteiger partial charge in [-0.25, -0.2) is 4.98 Å². The number of carbonyl (C=O) groups excluding carboxylic acids is 1. The predicted octanol–water partition coefficient (Wildman–Crippen LogP) is 0.935. The van der Waals surface area contributed by atoms with Crippen LogP contribution in [0, 0.1) is 0 Å². The van der Waals surface area contributed by atoms with Gasteiger partial charge in [0, 0.05) is 19.5 Å². The van der Waals surface area contributed by atoms with E-state index in [-0.39, 0.29) is 11.9 Å². The van der Waals surface area contributed by atoms with Gasteiger partial charge in [0.2, 0.25) is 5.91 Å². The fourth-order valence-electron chi connectivity index (χ4n) is 2.15. The number of methoxy groups -OCH3 is 1. The summed E-state index contributed by atoms with van der Waals surface area (Å²) >= 11 is 1.61. The summed E-state index contributed by atoms with van der Waals surface area (Å²) in [6.07, 6.45) is 0.632. The van der Waals surface area contributed by atoms with Crippen molar-refractivity contribution in [2.45, 2.75) is 12.5 Å². The molecule has 1 fully saturated rings. The number of carbonyl (C=O) groups is 1. The van der Waals surface area contributed by atoms with Crippen molar-refractivity contribution in [1.82, 2.24) is 15.6 Å². The first kappa shape index (κ1) is 12.4. The SMILES string of the molecule is COc1ccc2nc(CC3NCCNC3=O)sc2c1. The second-order valence-electron chi connectivity index (χ2n) is 4.44. The van der Waals surface area contributed by atoms with Crippen LogP contribution in [0.1, 0.15) is 5.01 Å². The molecule has 1 amide bonds. The Morgan fingerprint density at radius 3 is 3.16 bits per heavy atom. The lowest BCUT2D eigenvalue weighted by molar-refractivity contribution is -0.124. The van der Waals surface area contributed by atoms with Gasteiger partial charge in [0.05, 0.1) is 28.4 Å². The third kappa shape index (κ3) is 2.54. The fraction of sp³-hybridized carbons (Fsp3) is 0.385. The molecule has 1 aromatic heterocycles. The maximum Gasteiger partial charge on any atom is 0.237 e. The number of hydrogen-bond donors (Lipinski definition) is 2. The Morgan fingerprint density at radius 1 is 1.47 bits per heavy atom. The molecule has 1 unspecified atom stereocenters. The van der Waals surface area contributed by atoms with Gasteiger partial charge in [-0.05, 0) is 18.2 Å². The third-order valence-electron chi connectivity index (χ3n) is 3.15. The van der Waals surface area contributed by atoms with Gasteiger partial charge in [0.15, 0.2) is 0 Å². The smallest absolute Gasteiger partial charge is 0.237 e. The Morgan fingerprint density at radius 2 is 2.37 bits per heavy atom. The zero-order valence-electron chi connectivity index (χ0n) is 10.6. The zero-order valence-corrected chi connectivity index (χ0v) is 11.4. The van der Waals surface area contributed by atoms with Crippen molar-refractivity contribution >= 4 is 27.5 Å². The zero-order chi connectivity index (χ0) is 13.2. The molecule has 1 aliphatic rings. The molecule has 5 nitrogen and oxygen atoms in total. The molecule has 0 aliphatic carbocycles. The number of benzene rings is 1. The van der Waals surface area contributed by atoms with Gasteiger partial charge in [-0.15, -0.1) is 11.3 Å². The number of nitrogens with zero attached hydrogens (tertiary/aromatic N) is 1. The van der Waals surface area contributed by atoms with Crippen molar-refractivity contribution in [2.75, 3.05) is 20.2 Å². The summed E-state index contributed by atoms with van der Waals surface area (Å²) in [6.45, 7) is 1.52. The molecule has 2 N–H and O–H groups in total. The van der Waals surface area contributed by atoms with E-state index in [1.165, 1.54) is 0 Å². The number of amides is 1. The highest BCUT2D eigenvalue weighted by Crippen LogP contribution is 2.27. The molecule has 100 valence electrons. The Kier molecular flexibility index (Phi) is 3.35. The molecule has 1 aromatic carbocycles. The Bertz CT molecular complexity index is 611. The lowest BCUT2D eigenvalue weighted by Gasteiger charge is -2.22. The first-order valence-electron chi connectivity index (χ1n) is 6.21. The van der Waals surface area contributed by atoms with Crippen LogP contribution in [0.25, 0.3) is 10.2 Å². The summed E-state index contributed by atoms with van der Waals surface area (Å²) in [4.78, 5) is 16.3. The van der Waals surface area contributed by atoms with Crippen LogP contribution in [-0.2, 0) is 11.2 Å². The second-order valence-corrected chi connectivity index (χ2v) is 5.56. The molecule has 0 saturated carbocycles. The lowest BCUT2D eigenvalue weighted by Crippen LogP contribution is -2.53. The van der Waals surface area contributed by atoms with E-state index < -0.39 is 0 Å². The van der Waals surface area contributed by atoms with Crippen LogP contribution in [0.4, 0.5) is 0 Å². The standard InChI is InChI=1S/C13H15N3O2S/c1-18-8-2-3-9-11(6-8)19-12(16-9)7-10-13(17)15-5-4-14-10/h2-3,6,10,14H,4-5,7H2,1H3,(H,15,17). The van der Waals surface area contributed by atoms with Crippen LogP contribution in [0.5, 0.6) is 5.75 Å². The molecule has 0 spiro atoms. The maximum atomic E-state index is 11.7. The average Bonchev–Trinajstić information content (AvgIpc) is 2.82. The molecular weight excluding hydrogens is 262 g/mol. The fourth-order valence-corrected chi connectivity index (χ4v) is 3.20. The van der Waals surface area contributed by atoms with Gasteiger partial charge in [0.25, 0.3) is 0 Å². The molecule has 2 heterocycles. The van der Waals surface area contributed by atoms with Crippen LogP contribution in [0.3, 0.4) is 0 Å². The van der Waals surface area contributed by atoms with E-state index in [2.05, 4.69) is 15.6 Å². The van der Waals surface area contributed by atoms with Crippen LogP contribution >= 0.6 is 11.3 Å².